The Morgan fingerprint density at radius 1 is 1.18 bits per heavy atom. The van der Waals surface area contributed by atoms with Crippen molar-refractivity contribution < 1.29 is 19.5 Å². The Kier molecular flexibility index (Phi) is 3.38. The van der Waals surface area contributed by atoms with Gasteiger partial charge in [0.05, 0.1) is 10.6 Å². The lowest BCUT2D eigenvalue weighted by atomic mass is 9.96. The fourth-order valence-electron chi connectivity index (χ4n) is 2.33. The molecule has 0 fully saturated rings. The number of carbonyl (C=O) groups is 3. The number of carboxylic acids is 1. The highest BCUT2D eigenvalue weighted by Gasteiger charge is 2.29. The minimum atomic E-state index is -1.28. The van der Waals surface area contributed by atoms with Gasteiger partial charge < -0.3 is 10.8 Å². The maximum atomic E-state index is 12.5. The van der Waals surface area contributed by atoms with Crippen LogP contribution < -0.4 is 5.73 Å². The second-order valence-electron chi connectivity index (χ2n) is 4.84. The first-order chi connectivity index (χ1) is 10.5. The zero-order valence-corrected chi connectivity index (χ0v) is 12.1. The molecule has 0 bridgehead atoms. The lowest BCUT2D eigenvalue weighted by Crippen LogP contribution is -2.17. The predicted octanol–water partition coefficient (Wildman–Crippen LogP) is 2.15. The second-order valence-corrected chi connectivity index (χ2v) is 5.95. The lowest BCUT2D eigenvalue weighted by Gasteiger charge is -2.08. The third-order valence-electron chi connectivity index (χ3n) is 3.44. The molecule has 0 radical (unpaired) electrons. The summed E-state index contributed by atoms with van der Waals surface area (Å²) in [5, 5.41) is 9.03. The largest absolute Gasteiger partial charge is 0.478 e. The fraction of sp³-hybridized carbons (Fsp3) is 0.0625. The molecule has 3 N–H and O–H groups in total. The number of carbonyl (C=O) groups excluding carboxylic acids is 2. The molecule has 1 aromatic carbocycles. The SMILES string of the molecule is Nc1c(C(=O)c2ccccc2)sc2c1C=C(C(=O)O)C(=O)C2. The molecule has 3 rings (SSSR count). The van der Waals surface area contributed by atoms with Crippen molar-refractivity contribution >= 4 is 40.6 Å². The van der Waals surface area contributed by atoms with E-state index in [-0.39, 0.29) is 23.5 Å². The van der Waals surface area contributed by atoms with Crippen LogP contribution in [0.1, 0.15) is 25.7 Å². The summed E-state index contributed by atoms with van der Waals surface area (Å²) in [6.07, 6.45) is 1.22. The molecule has 1 heterocycles. The number of Topliss-reactive ketones (excluding diaryl/α,β-unsaturated/α-hetero) is 1. The standard InChI is InChI=1S/C16H11NO4S/c17-13-10-6-9(16(20)21)11(18)7-12(10)22-15(13)14(19)8-4-2-1-3-5-8/h1-6H,7,17H2,(H,20,21). The molecule has 1 aliphatic carbocycles. The molecule has 0 aliphatic heterocycles. The number of benzene rings is 1. The topological polar surface area (TPSA) is 97.5 Å². The number of hydrogen-bond acceptors (Lipinski definition) is 5. The van der Waals surface area contributed by atoms with Gasteiger partial charge in [0.1, 0.15) is 5.57 Å². The third kappa shape index (κ3) is 2.23. The highest BCUT2D eigenvalue weighted by Crippen LogP contribution is 2.37. The van der Waals surface area contributed by atoms with Gasteiger partial charge >= 0.3 is 5.97 Å². The molecule has 22 heavy (non-hydrogen) atoms. The van der Waals surface area contributed by atoms with Gasteiger partial charge in [0.25, 0.3) is 0 Å². The summed E-state index contributed by atoms with van der Waals surface area (Å²) in [5.41, 5.74) is 6.93. The minimum absolute atomic E-state index is 0.0373. The van der Waals surface area contributed by atoms with E-state index in [1.54, 1.807) is 30.3 Å². The molecular formula is C16H11NO4S. The van der Waals surface area contributed by atoms with Gasteiger partial charge in [0.15, 0.2) is 5.78 Å². The van der Waals surface area contributed by atoms with Crippen LogP contribution in [0, 0.1) is 0 Å². The van der Waals surface area contributed by atoms with Crippen LogP contribution in [-0.4, -0.2) is 22.6 Å². The molecule has 1 aromatic heterocycles. The molecule has 2 aromatic rings. The van der Waals surface area contributed by atoms with Crippen LogP contribution in [0.25, 0.3) is 6.08 Å². The summed E-state index contributed by atoms with van der Waals surface area (Å²) in [7, 11) is 0. The summed E-state index contributed by atoms with van der Waals surface area (Å²) in [6, 6.07) is 8.68. The Labute approximate surface area is 129 Å². The predicted molar refractivity (Wildman–Crippen MR) is 82.9 cm³/mol. The third-order valence-corrected chi connectivity index (χ3v) is 4.66. The van der Waals surface area contributed by atoms with Crippen molar-refractivity contribution in [3.63, 3.8) is 0 Å². The first-order valence-corrected chi connectivity index (χ1v) is 7.29. The van der Waals surface area contributed by atoms with E-state index in [1.807, 2.05) is 0 Å². The van der Waals surface area contributed by atoms with Gasteiger partial charge in [0, 0.05) is 22.4 Å². The highest BCUT2D eigenvalue weighted by atomic mass is 32.1. The van der Waals surface area contributed by atoms with E-state index in [1.165, 1.54) is 6.08 Å². The Bertz CT molecular complexity index is 833. The molecule has 0 saturated heterocycles. The van der Waals surface area contributed by atoms with E-state index in [0.29, 0.717) is 20.9 Å². The van der Waals surface area contributed by atoms with E-state index in [0.717, 1.165) is 11.3 Å². The first-order valence-electron chi connectivity index (χ1n) is 6.48. The number of carboxylic acid groups (broad SMARTS) is 1. The van der Waals surface area contributed by atoms with E-state index in [2.05, 4.69) is 0 Å². The number of rotatable bonds is 3. The Balaban J connectivity index is 2.09. The fourth-order valence-corrected chi connectivity index (χ4v) is 3.49. The monoisotopic (exact) mass is 313 g/mol. The zero-order valence-electron chi connectivity index (χ0n) is 11.3. The number of nitrogens with two attached hydrogens (primary N) is 1. The average Bonchev–Trinajstić information content (AvgIpc) is 2.82. The van der Waals surface area contributed by atoms with Gasteiger partial charge in [-0.3, -0.25) is 9.59 Å². The van der Waals surface area contributed by atoms with E-state index in [9.17, 15) is 14.4 Å². The summed E-state index contributed by atoms with van der Waals surface area (Å²) < 4.78 is 0. The molecule has 0 saturated carbocycles. The van der Waals surface area contributed by atoms with Crippen molar-refractivity contribution in [1.82, 2.24) is 0 Å². The smallest absolute Gasteiger partial charge is 0.339 e. The number of ketones is 2. The van der Waals surface area contributed by atoms with Crippen molar-refractivity contribution in [2.45, 2.75) is 6.42 Å². The van der Waals surface area contributed by atoms with E-state index in [4.69, 9.17) is 10.8 Å². The number of hydrogen-bond donors (Lipinski definition) is 2. The van der Waals surface area contributed by atoms with Crippen LogP contribution in [0.5, 0.6) is 0 Å². The normalized spacial score (nSPS) is 13.5. The van der Waals surface area contributed by atoms with E-state index >= 15 is 0 Å². The number of fused-ring (bicyclic) bond motifs is 1. The summed E-state index contributed by atoms with van der Waals surface area (Å²) in [6.45, 7) is 0. The van der Waals surface area contributed by atoms with Crippen molar-refractivity contribution in [2.75, 3.05) is 5.73 Å². The number of nitrogen functional groups attached to an aromatic ring is 1. The first kappa shape index (κ1) is 14.2. The molecule has 1 aliphatic rings. The van der Waals surface area contributed by atoms with Gasteiger partial charge in [-0.2, -0.15) is 0 Å². The molecule has 0 atom stereocenters. The van der Waals surface area contributed by atoms with Gasteiger partial charge in [-0.1, -0.05) is 30.3 Å². The maximum absolute atomic E-state index is 12.5. The van der Waals surface area contributed by atoms with Crippen LogP contribution in [0.15, 0.2) is 35.9 Å². The molecule has 110 valence electrons. The van der Waals surface area contributed by atoms with Gasteiger partial charge in [0.2, 0.25) is 5.78 Å². The van der Waals surface area contributed by atoms with Gasteiger partial charge in [-0.05, 0) is 6.08 Å². The second kappa shape index (κ2) is 5.23. The number of aliphatic carboxylic acids is 1. The zero-order chi connectivity index (χ0) is 15.9. The minimum Gasteiger partial charge on any atom is -0.478 e. The molecular weight excluding hydrogens is 302 g/mol. The Morgan fingerprint density at radius 3 is 2.50 bits per heavy atom. The Hall–Kier alpha value is -2.73. The summed E-state index contributed by atoms with van der Waals surface area (Å²) in [5.74, 6) is -1.98. The average molecular weight is 313 g/mol. The summed E-state index contributed by atoms with van der Waals surface area (Å²) in [4.78, 5) is 36.3. The van der Waals surface area contributed by atoms with E-state index < -0.39 is 11.8 Å². The number of anilines is 1. The summed E-state index contributed by atoms with van der Waals surface area (Å²) >= 11 is 1.15. The molecule has 0 spiro atoms. The molecule has 6 heteroatoms. The van der Waals surface area contributed by atoms with Crippen LogP contribution >= 0.6 is 11.3 Å². The Morgan fingerprint density at radius 2 is 1.86 bits per heavy atom. The van der Waals surface area contributed by atoms with Crippen molar-refractivity contribution in [3.8, 4) is 0 Å². The van der Waals surface area contributed by atoms with Crippen LogP contribution in [-0.2, 0) is 16.0 Å². The molecule has 5 nitrogen and oxygen atoms in total. The maximum Gasteiger partial charge on any atom is 0.339 e. The van der Waals surface area contributed by atoms with Gasteiger partial charge in [-0.15, -0.1) is 11.3 Å². The molecule has 0 unspecified atom stereocenters. The van der Waals surface area contributed by atoms with Crippen LogP contribution in [0.2, 0.25) is 0 Å². The van der Waals surface area contributed by atoms with Crippen molar-refractivity contribution in [3.05, 3.63) is 56.8 Å². The lowest BCUT2D eigenvalue weighted by molar-refractivity contribution is -0.134. The quantitative estimate of drug-likeness (QED) is 0.668. The van der Waals surface area contributed by atoms with Gasteiger partial charge in [-0.25, -0.2) is 4.79 Å². The molecule has 0 amide bonds. The van der Waals surface area contributed by atoms with Crippen LogP contribution in [0.3, 0.4) is 0 Å². The van der Waals surface area contributed by atoms with Crippen molar-refractivity contribution in [1.29, 1.82) is 0 Å². The van der Waals surface area contributed by atoms with Crippen molar-refractivity contribution in [2.24, 2.45) is 0 Å². The van der Waals surface area contributed by atoms with Crippen LogP contribution in [0.4, 0.5) is 5.69 Å². The number of thiophene rings is 1. The highest BCUT2D eigenvalue weighted by molar-refractivity contribution is 7.15.